The molecule has 7 aromatic rings. The van der Waals surface area contributed by atoms with Crippen LogP contribution >= 0.6 is 0 Å². The van der Waals surface area contributed by atoms with Crippen molar-refractivity contribution in [3.63, 3.8) is 0 Å². The van der Waals surface area contributed by atoms with Crippen molar-refractivity contribution in [3.8, 4) is 33.4 Å². The van der Waals surface area contributed by atoms with Gasteiger partial charge in [-0.1, -0.05) is 103 Å². The van der Waals surface area contributed by atoms with E-state index in [-0.39, 0.29) is 0 Å². The summed E-state index contributed by atoms with van der Waals surface area (Å²) in [6.07, 6.45) is 3.80. The first-order chi connectivity index (χ1) is 16.9. The highest BCUT2D eigenvalue weighted by atomic mass is 14.6. The van der Waals surface area contributed by atoms with E-state index in [9.17, 15) is 0 Å². The predicted octanol–water partition coefficient (Wildman–Crippen LogP) is 8.98. The Labute approximate surface area is 198 Å². The van der Waals surface area contributed by atoms with E-state index >= 15 is 0 Å². The van der Waals surface area contributed by atoms with Gasteiger partial charge in [-0.15, -0.1) is 0 Å². The first-order valence-electron chi connectivity index (χ1n) is 11.6. The van der Waals surface area contributed by atoms with Crippen LogP contribution < -0.4 is 0 Å². The van der Waals surface area contributed by atoms with Crippen LogP contribution in [0.25, 0.3) is 65.7 Å². The maximum absolute atomic E-state index is 4.42. The minimum atomic E-state index is 1.14. The van der Waals surface area contributed by atoms with E-state index < -0.39 is 0 Å². The zero-order valence-corrected chi connectivity index (χ0v) is 18.6. The molecule has 6 aromatic carbocycles. The summed E-state index contributed by atoms with van der Waals surface area (Å²) >= 11 is 0. The number of benzene rings is 6. The number of pyridine rings is 1. The highest BCUT2D eigenvalue weighted by Crippen LogP contribution is 2.43. The molecule has 0 N–H and O–H groups in total. The molecule has 0 aliphatic rings. The van der Waals surface area contributed by atoms with Gasteiger partial charge in [0.15, 0.2) is 0 Å². The third-order valence-electron chi connectivity index (χ3n) is 6.92. The molecular weight excluding hydrogens is 410 g/mol. The van der Waals surface area contributed by atoms with Crippen LogP contribution in [-0.4, -0.2) is 4.98 Å². The van der Waals surface area contributed by atoms with Gasteiger partial charge < -0.3 is 0 Å². The fourth-order valence-corrected chi connectivity index (χ4v) is 5.30. The van der Waals surface area contributed by atoms with E-state index in [4.69, 9.17) is 0 Å². The summed E-state index contributed by atoms with van der Waals surface area (Å²) in [5.41, 5.74) is 7.31. The van der Waals surface area contributed by atoms with Gasteiger partial charge in [-0.3, -0.25) is 4.98 Å². The van der Waals surface area contributed by atoms with E-state index in [0.717, 1.165) is 5.56 Å². The summed E-state index contributed by atoms with van der Waals surface area (Å²) in [4.78, 5) is 4.42. The summed E-state index contributed by atoms with van der Waals surface area (Å²) < 4.78 is 0. The van der Waals surface area contributed by atoms with Gasteiger partial charge in [-0.25, -0.2) is 0 Å². The molecule has 0 radical (unpaired) electrons. The Morgan fingerprint density at radius 2 is 1.03 bits per heavy atom. The Balaban J connectivity index is 1.54. The average Bonchev–Trinajstić information content (AvgIpc) is 2.92. The standard InChI is InChI=1S/C33H21N/c1-2-6-22(7-3-1)23-11-13-24(14-12-23)30-20-31(27-10-5-19-34-21-27)29-18-16-26-9-4-8-25-15-17-28(30)33(29)32(25)26/h1-21H. The summed E-state index contributed by atoms with van der Waals surface area (Å²) in [6.45, 7) is 0. The average molecular weight is 432 g/mol. The van der Waals surface area contributed by atoms with Gasteiger partial charge in [0.1, 0.15) is 0 Å². The molecule has 0 unspecified atom stereocenters. The fraction of sp³-hybridized carbons (Fsp3) is 0. The molecule has 0 atom stereocenters. The lowest BCUT2D eigenvalue weighted by Gasteiger charge is -2.18. The summed E-state index contributed by atoms with van der Waals surface area (Å²) in [6, 6.07) is 41.7. The minimum Gasteiger partial charge on any atom is -0.264 e. The largest absolute Gasteiger partial charge is 0.264 e. The van der Waals surface area contributed by atoms with Crippen LogP contribution in [0, 0.1) is 0 Å². The number of rotatable bonds is 3. The predicted molar refractivity (Wildman–Crippen MR) is 144 cm³/mol. The van der Waals surface area contributed by atoms with E-state index in [1.165, 1.54) is 60.1 Å². The first-order valence-corrected chi connectivity index (χ1v) is 11.6. The van der Waals surface area contributed by atoms with Crippen LogP contribution in [0.1, 0.15) is 0 Å². The minimum absolute atomic E-state index is 1.14. The summed E-state index contributed by atoms with van der Waals surface area (Å²) in [7, 11) is 0. The molecule has 0 bridgehead atoms. The molecule has 1 aromatic heterocycles. The third-order valence-corrected chi connectivity index (χ3v) is 6.92. The highest BCUT2D eigenvalue weighted by Gasteiger charge is 2.16. The fourth-order valence-electron chi connectivity index (χ4n) is 5.30. The van der Waals surface area contributed by atoms with Crippen molar-refractivity contribution < 1.29 is 0 Å². The molecule has 0 aliphatic carbocycles. The van der Waals surface area contributed by atoms with Crippen molar-refractivity contribution in [3.05, 3.63) is 128 Å². The number of hydrogen-bond donors (Lipinski definition) is 0. The van der Waals surface area contributed by atoms with Crippen LogP contribution in [0.5, 0.6) is 0 Å². The molecule has 7 rings (SSSR count). The van der Waals surface area contributed by atoms with Gasteiger partial charge in [-0.05, 0) is 72.3 Å². The van der Waals surface area contributed by atoms with Crippen LogP contribution in [0.4, 0.5) is 0 Å². The van der Waals surface area contributed by atoms with Crippen molar-refractivity contribution in [2.75, 3.05) is 0 Å². The molecule has 34 heavy (non-hydrogen) atoms. The quantitative estimate of drug-likeness (QED) is 0.254. The van der Waals surface area contributed by atoms with Crippen LogP contribution in [-0.2, 0) is 0 Å². The lowest BCUT2D eigenvalue weighted by atomic mass is 9.85. The van der Waals surface area contributed by atoms with Crippen molar-refractivity contribution in [2.45, 2.75) is 0 Å². The number of aromatic nitrogens is 1. The zero-order valence-electron chi connectivity index (χ0n) is 18.6. The molecule has 0 saturated carbocycles. The Kier molecular flexibility index (Phi) is 4.22. The van der Waals surface area contributed by atoms with E-state index in [1.54, 1.807) is 0 Å². The normalized spacial score (nSPS) is 11.5. The molecule has 0 aliphatic heterocycles. The molecule has 0 fully saturated rings. The van der Waals surface area contributed by atoms with Crippen LogP contribution in [0.3, 0.4) is 0 Å². The summed E-state index contributed by atoms with van der Waals surface area (Å²) in [5, 5.41) is 7.80. The van der Waals surface area contributed by atoms with E-state index in [1.807, 2.05) is 18.5 Å². The molecule has 0 spiro atoms. The zero-order chi connectivity index (χ0) is 22.5. The lowest BCUT2D eigenvalue weighted by molar-refractivity contribution is 1.33. The lowest BCUT2D eigenvalue weighted by Crippen LogP contribution is -1.91. The molecular formula is C33H21N. The Morgan fingerprint density at radius 3 is 1.71 bits per heavy atom. The van der Waals surface area contributed by atoms with Gasteiger partial charge in [-0.2, -0.15) is 0 Å². The number of hydrogen-bond acceptors (Lipinski definition) is 1. The number of nitrogens with zero attached hydrogens (tertiary/aromatic N) is 1. The van der Waals surface area contributed by atoms with Gasteiger partial charge in [0.25, 0.3) is 0 Å². The molecule has 1 nitrogen and oxygen atoms in total. The van der Waals surface area contributed by atoms with Crippen molar-refractivity contribution in [1.29, 1.82) is 0 Å². The molecule has 0 amide bonds. The monoisotopic (exact) mass is 431 g/mol. The summed E-state index contributed by atoms with van der Waals surface area (Å²) in [5.74, 6) is 0. The highest BCUT2D eigenvalue weighted by molar-refractivity contribution is 6.28. The first kappa shape index (κ1) is 19.0. The van der Waals surface area contributed by atoms with Crippen molar-refractivity contribution in [1.82, 2.24) is 4.98 Å². The Morgan fingerprint density at radius 1 is 0.412 bits per heavy atom. The van der Waals surface area contributed by atoms with E-state index in [2.05, 4.69) is 114 Å². The van der Waals surface area contributed by atoms with Crippen LogP contribution in [0.2, 0.25) is 0 Å². The molecule has 158 valence electrons. The smallest absolute Gasteiger partial charge is 0.0346 e. The maximum Gasteiger partial charge on any atom is 0.0346 e. The van der Waals surface area contributed by atoms with Crippen LogP contribution in [0.15, 0.2) is 128 Å². The second-order valence-corrected chi connectivity index (χ2v) is 8.84. The molecule has 0 saturated heterocycles. The molecule has 1 heteroatoms. The van der Waals surface area contributed by atoms with Gasteiger partial charge in [0.05, 0.1) is 0 Å². The topological polar surface area (TPSA) is 12.9 Å². The van der Waals surface area contributed by atoms with Crippen molar-refractivity contribution >= 4 is 32.3 Å². The van der Waals surface area contributed by atoms with Gasteiger partial charge >= 0.3 is 0 Å². The van der Waals surface area contributed by atoms with Gasteiger partial charge in [0.2, 0.25) is 0 Å². The SMILES string of the molecule is c1ccc(-c2ccc(-c3cc(-c4cccnc4)c4ccc5cccc6ccc3c4c65)cc2)cc1. The van der Waals surface area contributed by atoms with Gasteiger partial charge in [0, 0.05) is 18.0 Å². The van der Waals surface area contributed by atoms with Crippen molar-refractivity contribution in [2.24, 2.45) is 0 Å². The Hall–Kier alpha value is -4.49. The Bertz CT molecular complexity index is 1750. The second kappa shape index (κ2) is 7.54. The maximum atomic E-state index is 4.42. The molecule has 1 heterocycles. The second-order valence-electron chi connectivity index (χ2n) is 8.84. The van der Waals surface area contributed by atoms with E-state index in [0.29, 0.717) is 0 Å². The third kappa shape index (κ3) is 2.91.